The Morgan fingerprint density at radius 2 is 1.85 bits per heavy atom. The first-order chi connectivity index (χ1) is 12.6. The van der Waals surface area contributed by atoms with Crippen LogP contribution in [-0.4, -0.2) is 32.2 Å². The largest absolute Gasteiger partial charge is 0.357 e. The number of hydrogen-bond acceptors (Lipinski definition) is 6. The Bertz CT molecular complexity index is 961. The van der Waals surface area contributed by atoms with Crippen molar-refractivity contribution in [3.63, 3.8) is 0 Å². The van der Waals surface area contributed by atoms with Gasteiger partial charge in [0, 0.05) is 35.6 Å². The van der Waals surface area contributed by atoms with Crippen LogP contribution >= 0.6 is 0 Å². The van der Waals surface area contributed by atoms with Crippen molar-refractivity contribution >= 4 is 28.5 Å². The van der Waals surface area contributed by atoms with Crippen LogP contribution in [0.4, 0.5) is 16.4 Å². The number of aromatic nitrogens is 3. The van der Waals surface area contributed by atoms with Crippen molar-refractivity contribution in [1.82, 2.24) is 15.0 Å². The van der Waals surface area contributed by atoms with Crippen LogP contribution in [0.3, 0.4) is 0 Å². The van der Waals surface area contributed by atoms with Crippen molar-refractivity contribution in [2.45, 2.75) is 9.92 Å². The summed E-state index contributed by atoms with van der Waals surface area (Å²) in [5, 5.41) is 5.73. The molecule has 3 aromatic rings. The zero-order chi connectivity index (χ0) is 18.5. The number of urea groups is 1. The van der Waals surface area contributed by atoms with Crippen molar-refractivity contribution in [1.29, 1.82) is 0 Å². The smallest absolute Gasteiger partial charge is 0.316 e. The highest BCUT2D eigenvalue weighted by atomic mass is 32.2. The fourth-order valence-corrected chi connectivity index (χ4v) is 3.41. The summed E-state index contributed by atoms with van der Waals surface area (Å²) in [5.41, 5.74) is 6.88. The lowest BCUT2D eigenvalue weighted by Gasteiger charge is -2.09. The standard InChI is InChI=1S/C17H16N6O2S/c1-19-17-21-10-8-14(23-17)13-3-2-9-20-15(13)26(25)12-6-4-11(5-7-12)22-16(18)24/h2-10H,1H3,(H3,18,22,24)(H,19,21,23). The van der Waals surface area contributed by atoms with E-state index in [1.807, 2.05) is 6.07 Å². The molecule has 0 aliphatic heterocycles. The van der Waals surface area contributed by atoms with Gasteiger partial charge in [0.15, 0.2) is 0 Å². The second kappa shape index (κ2) is 7.70. The summed E-state index contributed by atoms with van der Waals surface area (Å²) < 4.78 is 13.0. The van der Waals surface area contributed by atoms with Gasteiger partial charge in [-0.3, -0.25) is 0 Å². The Labute approximate surface area is 152 Å². The number of nitrogens with zero attached hydrogens (tertiary/aromatic N) is 3. The molecule has 3 rings (SSSR count). The Balaban J connectivity index is 1.96. The predicted molar refractivity (Wildman–Crippen MR) is 99.1 cm³/mol. The molecule has 0 fully saturated rings. The van der Waals surface area contributed by atoms with Crippen molar-refractivity contribution in [3.05, 3.63) is 54.9 Å². The van der Waals surface area contributed by atoms with E-state index in [1.54, 1.807) is 55.8 Å². The van der Waals surface area contributed by atoms with E-state index in [0.717, 1.165) is 0 Å². The molecule has 2 heterocycles. The number of nitrogens with one attached hydrogen (secondary N) is 2. The van der Waals surface area contributed by atoms with Gasteiger partial charge >= 0.3 is 6.03 Å². The van der Waals surface area contributed by atoms with Crippen LogP contribution in [-0.2, 0) is 10.8 Å². The predicted octanol–water partition coefficient (Wildman–Crippen LogP) is 2.24. The van der Waals surface area contributed by atoms with Crippen molar-refractivity contribution in [2.24, 2.45) is 5.73 Å². The van der Waals surface area contributed by atoms with Crippen molar-refractivity contribution < 1.29 is 9.00 Å². The van der Waals surface area contributed by atoms with Gasteiger partial charge in [-0.25, -0.2) is 24.0 Å². The average molecular weight is 368 g/mol. The van der Waals surface area contributed by atoms with Gasteiger partial charge in [0.2, 0.25) is 5.95 Å². The van der Waals surface area contributed by atoms with Crippen LogP contribution < -0.4 is 16.4 Å². The summed E-state index contributed by atoms with van der Waals surface area (Å²) >= 11 is 0. The Hall–Kier alpha value is -3.33. The van der Waals surface area contributed by atoms with Crippen LogP contribution in [0.2, 0.25) is 0 Å². The maximum Gasteiger partial charge on any atom is 0.316 e. The molecule has 1 atom stereocenters. The molecule has 1 aromatic carbocycles. The minimum absolute atomic E-state index is 0.392. The lowest BCUT2D eigenvalue weighted by Crippen LogP contribution is -2.19. The van der Waals surface area contributed by atoms with Crippen molar-refractivity contribution in [2.75, 3.05) is 17.7 Å². The zero-order valence-corrected chi connectivity index (χ0v) is 14.7. The number of nitrogens with two attached hydrogens (primary N) is 1. The molecule has 1 unspecified atom stereocenters. The average Bonchev–Trinajstić information content (AvgIpc) is 2.67. The first-order valence-electron chi connectivity index (χ1n) is 7.63. The Morgan fingerprint density at radius 1 is 1.08 bits per heavy atom. The Kier molecular flexibility index (Phi) is 5.18. The van der Waals surface area contributed by atoms with E-state index in [4.69, 9.17) is 5.73 Å². The monoisotopic (exact) mass is 368 g/mol. The third-order valence-corrected chi connectivity index (χ3v) is 4.81. The highest BCUT2D eigenvalue weighted by Crippen LogP contribution is 2.27. The van der Waals surface area contributed by atoms with Crippen LogP contribution in [0, 0.1) is 0 Å². The van der Waals surface area contributed by atoms with Gasteiger partial charge < -0.3 is 16.4 Å². The van der Waals surface area contributed by atoms with Crippen LogP contribution in [0.5, 0.6) is 0 Å². The highest BCUT2D eigenvalue weighted by molar-refractivity contribution is 7.85. The molecule has 0 spiro atoms. The normalized spacial score (nSPS) is 11.6. The fraction of sp³-hybridized carbons (Fsp3) is 0.0588. The number of amides is 2. The molecule has 0 aliphatic rings. The summed E-state index contributed by atoms with van der Waals surface area (Å²) in [6.45, 7) is 0. The summed E-state index contributed by atoms with van der Waals surface area (Å²) in [5.74, 6) is 0.463. The molecule has 0 bridgehead atoms. The molecule has 132 valence electrons. The van der Waals surface area contributed by atoms with E-state index in [0.29, 0.717) is 32.8 Å². The SMILES string of the molecule is CNc1nccc(-c2cccnc2S(=O)c2ccc(NC(N)=O)cc2)n1. The maximum absolute atomic E-state index is 13.0. The summed E-state index contributed by atoms with van der Waals surface area (Å²) in [7, 11) is 0.201. The molecule has 4 N–H and O–H groups in total. The highest BCUT2D eigenvalue weighted by Gasteiger charge is 2.16. The molecule has 9 heteroatoms. The number of carbonyl (C=O) groups is 1. The second-order valence-corrected chi connectivity index (χ2v) is 6.55. The van der Waals surface area contributed by atoms with Crippen LogP contribution in [0.15, 0.2) is 64.8 Å². The molecule has 0 aliphatic carbocycles. The van der Waals surface area contributed by atoms with E-state index >= 15 is 0 Å². The molecule has 0 radical (unpaired) electrons. The summed E-state index contributed by atoms with van der Waals surface area (Å²) in [6.07, 6.45) is 3.21. The number of pyridine rings is 1. The number of benzene rings is 1. The van der Waals surface area contributed by atoms with E-state index in [2.05, 4.69) is 25.6 Å². The number of anilines is 2. The first-order valence-corrected chi connectivity index (χ1v) is 8.78. The van der Waals surface area contributed by atoms with Gasteiger partial charge in [-0.15, -0.1) is 0 Å². The molecule has 0 saturated heterocycles. The summed E-state index contributed by atoms with van der Waals surface area (Å²) in [6, 6.07) is 11.2. The third kappa shape index (κ3) is 3.83. The van der Waals surface area contributed by atoms with Gasteiger partial charge in [0.1, 0.15) is 15.8 Å². The van der Waals surface area contributed by atoms with Crippen LogP contribution in [0.1, 0.15) is 0 Å². The minimum atomic E-state index is -1.52. The molecular weight excluding hydrogens is 352 g/mol. The van der Waals surface area contributed by atoms with E-state index < -0.39 is 16.8 Å². The molecule has 2 amide bonds. The first kappa shape index (κ1) is 17.5. The fourth-order valence-electron chi connectivity index (χ4n) is 2.28. The molecule has 26 heavy (non-hydrogen) atoms. The van der Waals surface area contributed by atoms with Gasteiger partial charge in [0.25, 0.3) is 0 Å². The van der Waals surface area contributed by atoms with Crippen LogP contribution in [0.25, 0.3) is 11.3 Å². The lowest BCUT2D eigenvalue weighted by molar-refractivity contribution is 0.259. The van der Waals surface area contributed by atoms with Crippen molar-refractivity contribution in [3.8, 4) is 11.3 Å². The lowest BCUT2D eigenvalue weighted by atomic mass is 10.2. The van der Waals surface area contributed by atoms with Gasteiger partial charge in [0.05, 0.1) is 5.69 Å². The summed E-state index contributed by atoms with van der Waals surface area (Å²) in [4.78, 5) is 24.2. The molecule has 8 nitrogen and oxygen atoms in total. The van der Waals surface area contributed by atoms with Gasteiger partial charge in [-0.1, -0.05) is 0 Å². The van der Waals surface area contributed by atoms with E-state index in [-0.39, 0.29) is 0 Å². The number of carbonyl (C=O) groups excluding carboxylic acids is 1. The van der Waals surface area contributed by atoms with E-state index in [9.17, 15) is 9.00 Å². The Morgan fingerprint density at radius 3 is 2.54 bits per heavy atom. The van der Waals surface area contributed by atoms with Gasteiger partial charge in [-0.05, 0) is 42.5 Å². The minimum Gasteiger partial charge on any atom is -0.357 e. The molecular formula is C17H16N6O2S. The third-order valence-electron chi connectivity index (χ3n) is 3.44. The molecule has 0 saturated carbocycles. The maximum atomic E-state index is 13.0. The number of primary amides is 1. The number of hydrogen-bond donors (Lipinski definition) is 3. The van der Waals surface area contributed by atoms with Gasteiger partial charge in [-0.2, -0.15) is 0 Å². The topological polar surface area (TPSA) is 123 Å². The van der Waals surface area contributed by atoms with E-state index in [1.165, 1.54) is 0 Å². The molecule has 2 aromatic heterocycles. The number of rotatable bonds is 5. The zero-order valence-electron chi connectivity index (χ0n) is 13.8. The second-order valence-electron chi connectivity index (χ2n) is 5.15. The quantitative estimate of drug-likeness (QED) is 0.635.